The van der Waals surface area contributed by atoms with Crippen molar-refractivity contribution in [3.8, 4) is 6.07 Å². The second-order valence-electron chi connectivity index (χ2n) is 4.40. The van der Waals surface area contributed by atoms with E-state index in [-0.39, 0.29) is 0 Å². The summed E-state index contributed by atoms with van der Waals surface area (Å²) in [6.45, 7) is 6.46. The lowest BCUT2D eigenvalue weighted by Gasteiger charge is -2.31. The van der Waals surface area contributed by atoms with E-state index >= 15 is 0 Å². The van der Waals surface area contributed by atoms with Crippen molar-refractivity contribution < 1.29 is 0 Å². The first-order chi connectivity index (χ1) is 7.78. The number of nitriles is 1. The maximum Gasteiger partial charge on any atom is 0.0991 e. The number of benzene rings is 1. The van der Waals surface area contributed by atoms with Gasteiger partial charge in [0, 0.05) is 32.2 Å². The molecular formula is C13H17N3. The Hall–Kier alpha value is -1.37. The number of nitrogens with one attached hydrogen (secondary N) is 1. The van der Waals surface area contributed by atoms with Crippen molar-refractivity contribution in [2.45, 2.75) is 19.5 Å². The van der Waals surface area contributed by atoms with E-state index in [1.807, 2.05) is 24.3 Å². The zero-order valence-corrected chi connectivity index (χ0v) is 9.61. The third-order valence-electron chi connectivity index (χ3n) is 2.94. The average Bonchev–Trinajstić information content (AvgIpc) is 2.30. The Kier molecular flexibility index (Phi) is 3.55. The second kappa shape index (κ2) is 5.11. The number of piperazine rings is 1. The molecule has 1 aromatic carbocycles. The van der Waals surface area contributed by atoms with Crippen molar-refractivity contribution in [3.63, 3.8) is 0 Å². The van der Waals surface area contributed by atoms with Crippen LogP contribution in [0.3, 0.4) is 0 Å². The third kappa shape index (κ3) is 2.82. The smallest absolute Gasteiger partial charge is 0.0991 e. The molecule has 1 saturated heterocycles. The van der Waals surface area contributed by atoms with E-state index in [1.165, 1.54) is 5.56 Å². The van der Waals surface area contributed by atoms with E-state index < -0.39 is 0 Å². The van der Waals surface area contributed by atoms with Crippen LogP contribution in [-0.2, 0) is 6.54 Å². The predicted octanol–water partition coefficient (Wildman–Crippen LogP) is 1.35. The lowest BCUT2D eigenvalue weighted by molar-refractivity contribution is 0.199. The van der Waals surface area contributed by atoms with Gasteiger partial charge in [-0.25, -0.2) is 0 Å². The van der Waals surface area contributed by atoms with Crippen molar-refractivity contribution in [1.29, 1.82) is 5.26 Å². The fourth-order valence-electron chi connectivity index (χ4n) is 2.10. The number of hydrogen-bond donors (Lipinski definition) is 1. The molecule has 84 valence electrons. The summed E-state index contributed by atoms with van der Waals surface area (Å²) in [7, 11) is 0. The van der Waals surface area contributed by atoms with Crippen molar-refractivity contribution in [1.82, 2.24) is 10.2 Å². The minimum atomic E-state index is 0.576. The normalized spacial score (nSPS) is 21.6. The molecule has 3 heteroatoms. The van der Waals surface area contributed by atoms with Gasteiger partial charge in [-0.15, -0.1) is 0 Å². The van der Waals surface area contributed by atoms with E-state index in [9.17, 15) is 0 Å². The van der Waals surface area contributed by atoms with Gasteiger partial charge in [0.05, 0.1) is 11.6 Å². The molecule has 0 amide bonds. The highest BCUT2D eigenvalue weighted by atomic mass is 15.2. The zero-order chi connectivity index (χ0) is 11.4. The Morgan fingerprint density at radius 3 is 2.81 bits per heavy atom. The van der Waals surface area contributed by atoms with Gasteiger partial charge in [0.1, 0.15) is 0 Å². The molecule has 0 saturated carbocycles. The van der Waals surface area contributed by atoms with E-state index in [0.717, 1.165) is 31.7 Å². The lowest BCUT2D eigenvalue weighted by Crippen LogP contribution is -2.48. The molecule has 1 atom stereocenters. The van der Waals surface area contributed by atoms with Gasteiger partial charge in [0.2, 0.25) is 0 Å². The summed E-state index contributed by atoms with van der Waals surface area (Å²) in [6.07, 6.45) is 0. The van der Waals surface area contributed by atoms with Crippen LogP contribution in [0.5, 0.6) is 0 Å². The van der Waals surface area contributed by atoms with E-state index in [1.54, 1.807) is 0 Å². The number of rotatable bonds is 2. The van der Waals surface area contributed by atoms with Crippen LogP contribution >= 0.6 is 0 Å². The summed E-state index contributed by atoms with van der Waals surface area (Å²) in [5.74, 6) is 0. The average molecular weight is 215 g/mol. The fraction of sp³-hybridized carbons (Fsp3) is 0.462. The maximum atomic E-state index is 8.72. The van der Waals surface area contributed by atoms with Gasteiger partial charge in [0.25, 0.3) is 0 Å². The molecule has 1 aromatic rings. The first-order valence-corrected chi connectivity index (χ1v) is 5.73. The standard InChI is InChI=1S/C13H17N3/c1-11-9-16(7-6-15-11)10-13-4-2-12(8-14)3-5-13/h2-5,11,15H,6-7,9-10H2,1H3/t11-/m1/s1. The van der Waals surface area contributed by atoms with Gasteiger partial charge >= 0.3 is 0 Å². The molecule has 2 rings (SSSR count). The van der Waals surface area contributed by atoms with Crippen molar-refractivity contribution in [2.75, 3.05) is 19.6 Å². The Balaban J connectivity index is 1.95. The van der Waals surface area contributed by atoms with Crippen LogP contribution in [0.1, 0.15) is 18.1 Å². The van der Waals surface area contributed by atoms with Crippen LogP contribution in [0.15, 0.2) is 24.3 Å². The summed E-state index contributed by atoms with van der Waals surface area (Å²) in [5.41, 5.74) is 2.02. The fourth-order valence-corrected chi connectivity index (χ4v) is 2.10. The summed E-state index contributed by atoms with van der Waals surface area (Å²) < 4.78 is 0. The molecule has 1 N–H and O–H groups in total. The van der Waals surface area contributed by atoms with Crippen molar-refractivity contribution >= 4 is 0 Å². The van der Waals surface area contributed by atoms with Gasteiger partial charge in [-0.05, 0) is 24.6 Å². The van der Waals surface area contributed by atoms with Crippen LogP contribution in [-0.4, -0.2) is 30.6 Å². The van der Waals surface area contributed by atoms with Gasteiger partial charge in [-0.1, -0.05) is 12.1 Å². The number of hydrogen-bond acceptors (Lipinski definition) is 3. The molecule has 0 aliphatic carbocycles. The van der Waals surface area contributed by atoms with Crippen LogP contribution < -0.4 is 5.32 Å². The van der Waals surface area contributed by atoms with E-state index in [2.05, 4.69) is 23.2 Å². The monoisotopic (exact) mass is 215 g/mol. The van der Waals surface area contributed by atoms with Gasteiger partial charge in [-0.3, -0.25) is 4.90 Å². The lowest BCUT2D eigenvalue weighted by atomic mass is 10.1. The molecule has 0 unspecified atom stereocenters. The SMILES string of the molecule is C[C@@H]1CN(Cc2ccc(C#N)cc2)CCN1. The van der Waals surface area contributed by atoms with Gasteiger partial charge in [0.15, 0.2) is 0 Å². The first kappa shape index (κ1) is 11.1. The molecule has 1 fully saturated rings. The molecule has 1 heterocycles. The molecule has 0 spiro atoms. The Bertz CT molecular complexity index is 377. The summed E-state index contributed by atoms with van der Waals surface area (Å²) in [4.78, 5) is 2.45. The predicted molar refractivity (Wildman–Crippen MR) is 63.9 cm³/mol. The first-order valence-electron chi connectivity index (χ1n) is 5.73. The van der Waals surface area contributed by atoms with E-state index in [4.69, 9.17) is 5.26 Å². The summed E-state index contributed by atoms with van der Waals surface area (Å²) in [5, 5.41) is 12.1. The Morgan fingerprint density at radius 1 is 1.44 bits per heavy atom. The van der Waals surface area contributed by atoms with Crippen LogP contribution in [0.25, 0.3) is 0 Å². The largest absolute Gasteiger partial charge is 0.312 e. The zero-order valence-electron chi connectivity index (χ0n) is 9.61. The van der Waals surface area contributed by atoms with Crippen LogP contribution in [0.2, 0.25) is 0 Å². The van der Waals surface area contributed by atoms with Crippen molar-refractivity contribution in [2.24, 2.45) is 0 Å². The molecule has 3 nitrogen and oxygen atoms in total. The Labute approximate surface area is 96.7 Å². The highest BCUT2D eigenvalue weighted by Gasteiger charge is 2.15. The molecular weight excluding hydrogens is 198 g/mol. The highest BCUT2D eigenvalue weighted by molar-refractivity contribution is 5.31. The minimum absolute atomic E-state index is 0.576. The van der Waals surface area contributed by atoms with Crippen molar-refractivity contribution in [3.05, 3.63) is 35.4 Å². The van der Waals surface area contributed by atoms with Gasteiger partial charge in [-0.2, -0.15) is 5.26 Å². The minimum Gasteiger partial charge on any atom is -0.312 e. The molecule has 0 bridgehead atoms. The summed E-state index contributed by atoms with van der Waals surface area (Å²) >= 11 is 0. The van der Waals surface area contributed by atoms with Crippen LogP contribution in [0.4, 0.5) is 0 Å². The quantitative estimate of drug-likeness (QED) is 0.809. The maximum absolute atomic E-state index is 8.72. The second-order valence-corrected chi connectivity index (χ2v) is 4.40. The summed E-state index contributed by atoms with van der Waals surface area (Å²) in [6, 6.07) is 10.6. The van der Waals surface area contributed by atoms with Gasteiger partial charge < -0.3 is 5.32 Å². The topological polar surface area (TPSA) is 39.1 Å². The molecule has 0 radical (unpaired) electrons. The van der Waals surface area contributed by atoms with E-state index in [0.29, 0.717) is 6.04 Å². The molecule has 1 aliphatic rings. The number of nitrogens with zero attached hydrogens (tertiary/aromatic N) is 2. The molecule has 1 aliphatic heterocycles. The highest BCUT2D eigenvalue weighted by Crippen LogP contribution is 2.08. The Morgan fingerprint density at radius 2 is 2.19 bits per heavy atom. The third-order valence-corrected chi connectivity index (χ3v) is 2.94. The molecule has 16 heavy (non-hydrogen) atoms. The van der Waals surface area contributed by atoms with Crippen LogP contribution in [0, 0.1) is 11.3 Å². The molecule has 0 aromatic heterocycles.